The Kier molecular flexibility index (Phi) is 3.95. The van der Waals surface area contributed by atoms with E-state index in [4.69, 9.17) is 10.6 Å². The standard InChI is InChI=1S/C11H14BrN5O/c1-17-11(8(12)5-15-17)10(16-13)7-3-4-14-6-9(7)18-2/h3-6,10,16H,13H2,1-2H3. The van der Waals surface area contributed by atoms with E-state index in [1.807, 2.05) is 13.1 Å². The van der Waals surface area contributed by atoms with Crippen molar-refractivity contribution >= 4 is 15.9 Å². The van der Waals surface area contributed by atoms with E-state index in [9.17, 15) is 0 Å². The van der Waals surface area contributed by atoms with Crippen LogP contribution in [0.2, 0.25) is 0 Å². The highest BCUT2D eigenvalue weighted by Crippen LogP contribution is 2.32. The second kappa shape index (κ2) is 5.47. The third-order valence-corrected chi connectivity index (χ3v) is 3.34. The molecule has 0 bridgehead atoms. The van der Waals surface area contributed by atoms with Crippen LogP contribution in [0, 0.1) is 0 Å². The molecular weight excluding hydrogens is 298 g/mol. The van der Waals surface area contributed by atoms with Crippen LogP contribution in [0.4, 0.5) is 0 Å². The smallest absolute Gasteiger partial charge is 0.142 e. The number of hydrogen-bond acceptors (Lipinski definition) is 5. The summed E-state index contributed by atoms with van der Waals surface area (Å²) < 4.78 is 7.94. The number of ether oxygens (including phenoxy) is 1. The van der Waals surface area contributed by atoms with E-state index < -0.39 is 0 Å². The van der Waals surface area contributed by atoms with Crippen LogP contribution in [0.1, 0.15) is 17.3 Å². The zero-order valence-electron chi connectivity index (χ0n) is 10.1. The van der Waals surface area contributed by atoms with Gasteiger partial charge < -0.3 is 4.74 Å². The highest BCUT2D eigenvalue weighted by Gasteiger charge is 2.22. The van der Waals surface area contributed by atoms with Gasteiger partial charge in [0.05, 0.1) is 35.7 Å². The normalized spacial score (nSPS) is 12.4. The van der Waals surface area contributed by atoms with Crippen molar-refractivity contribution in [2.45, 2.75) is 6.04 Å². The first kappa shape index (κ1) is 13.0. The fourth-order valence-corrected chi connectivity index (χ4v) is 2.44. The molecule has 3 N–H and O–H groups in total. The molecule has 0 aliphatic carbocycles. The molecule has 1 atom stereocenters. The van der Waals surface area contributed by atoms with Crippen LogP contribution < -0.4 is 16.0 Å². The van der Waals surface area contributed by atoms with Gasteiger partial charge in [-0.3, -0.25) is 15.5 Å². The summed E-state index contributed by atoms with van der Waals surface area (Å²) in [6.45, 7) is 0. The lowest BCUT2D eigenvalue weighted by Crippen LogP contribution is -2.31. The van der Waals surface area contributed by atoms with Gasteiger partial charge in [0.25, 0.3) is 0 Å². The van der Waals surface area contributed by atoms with Gasteiger partial charge >= 0.3 is 0 Å². The minimum Gasteiger partial charge on any atom is -0.495 e. The Balaban J connectivity index is 2.52. The van der Waals surface area contributed by atoms with Gasteiger partial charge in [-0.05, 0) is 22.0 Å². The molecule has 0 aromatic carbocycles. The summed E-state index contributed by atoms with van der Waals surface area (Å²) in [6.07, 6.45) is 5.09. The lowest BCUT2D eigenvalue weighted by molar-refractivity contribution is 0.400. The zero-order valence-corrected chi connectivity index (χ0v) is 11.7. The molecule has 18 heavy (non-hydrogen) atoms. The highest BCUT2D eigenvalue weighted by molar-refractivity contribution is 9.10. The number of aryl methyl sites for hydroxylation is 1. The molecule has 0 saturated heterocycles. The van der Waals surface area contributed by atoms with Crippen LogP contribution in [0.5, 0.6) is 5.75 Å². The maximum atomic E-state index is 5.67. The van der Waals surface area contributed by atoms with Crippen LogP contribution in [0.25, 0.3) is 0 Å². The second-order valence-corrected chi connectivity index (χ2v) is 4.57. The average Bonchev–Trinajstić information content (AvgIpc) is 2.72. The van der Waals surface area contributed by atoms with Crippen LogP contribution in [0.3, 0.4) is 0 Å². The summed E-state index contributed by atoms with van der Waals surface area (Å²) in [6, 6.07) is 1.63. The van der Waals surface area contributed by atoms with Crippen molar-refractivity contribution in [1.82, 2.24) is 20.2 Å². The van der Waals surface area contributed by atoms with Crippen molar-refractivity contribution in [2.24, 2.45) is 12.9 Å². The highest BCUT2D eigenvalue weighted by atomic mass is 79.9. The van der Waals surface area contributed by atoms with E-state index in [0.717, 1.165) is 15.7 Å². The summed E-state index contributed by atoms with van der Waals surface area (Å²) in [5.74, 6) is 6.34. The van der Waals surface area contributed by atoms with Crippen molar-refractivity contribution in [1.29, 1.82) is 0 Å². The number of nitrogens with one attached hydrogen (secondary N) is 1. The fourth-order valence-electron chi connectivity index (χ4n) is 1.86. The Morgan fingerprint density at radius 2 is 2.28 bits per heavy atom. The minimum absolute atomic E-state index is 0.232. The first-order chi connectivity index (χ1) is 8.69. The number of nitrogens with two attached hydrogens (primary N) is 1. The van der Waals surface area contributed by atoms with Crippen LogP contribution >= 0.6 is 15.9 Å². The summed E-state index contributed by atoms with van der Waals surface area (Å²) in [4.78, 5) is 4.03. The molecule has 1 unspecified atom stereocenters. The van der Waals surface area contributed by atoms with Crippen molar-refractivity contribution in [3.8, 4) is 5.75 Å². The van der Waals surface area contributed by atoms with Gasteiger partial charge in [0.15, 0.2) is 0 Å². The molecule has 2 aromatic rings. The van der Waals surface area contributed by atoms with Gasteiger partial charge in [0, 0.05) is 18.8 Å². The number of hydrogen-bond donors (Lipinski definition) is 2. The number of hydrazine groups is 1. The van der Waals surface area contributed by atoms with Crippen LogP contribution in [-0.2, 0) is 7.05 Å². The van der Waals surface area contributed by atoms with Gasteiger partial charge in [-0.25, -0.2) is 5.43 Å². The summed E-state index contributed by atoms with van der Waals surface area (Å²) >= 11 is 3.47. The van der Waals surface area contributed by atoms with Crippen molar-refractivity contribution < 1.29 is 4.74 Å². The van der Waals surface area contributed by atoms with E-state index in [2.05, 4.69) is 31.4 Å². The maximum absolute atomic E-state index is 5.67. The molecule has 0 aliphatic heterocycles. The number of rotatable bonds is 4. The Morgan fingerprint density at radius 3 is 2.83 bits per heavy atom. The van der Waals surface area contributed by atoms with Gasteiger partial charge in [-0.1, -0.05) is 0 Å². The van der Waals surface area contributed by atoms with Crippen molar-refractivity contribution in [2.75, 3.05) is 7.11 Å². The molecule has 7 heteroatoms. The summed E-state index contributed by atoms with van der Waals surface area (Å²) in [5.41, 5.74) is 4.60. The third-order valence-electron chi connectivity index (χ3n) is 2.73. The Morgan fingerprint density at radius 1 is 1.50 bits per heavy atom. The Labute approximate surface area is 113 Å². The molecule has 2 rings (SSSR count). The Bertz CT molecular complexity index is 522. The van der Waals surface area contributed by atoms with Crippen LogP contribution in [0.15, 0.2) is 29.1 Å². The first-order valence-electron chi connectivity index (χ1n) is 5.30. The fraction of sp³-hybridized carbons (Fsp3) is 0.273. The molecule has 96 valence electrons. The molecule has 2 aromatic heterocycles. The molecule has 0 fully saturated rings. The molecule has 2 heterocycles. The number of nitrogens with zero attached hydrogens (tertiary/aromatic N) is 3. The van der Waals surface area contributed by atoms with Gasteiger partial charge in [0.2, 0.25) is 0 Å². The monoisotopic (exact) mass is 311 g/mol. The third kappa shape index (κ3) is 2.24. The van der Waals surface area contributed by atoms with Crippen molar-refractivity contribution in [3.05, 3.63) is 40.4 Å². The average molecular weight is 312 g/mol. The largest absolute Gasteiger partial charge is 0.495 e. The number of pyridine rings is 1. The predicted molar refractivity (Wildman–Crippen MR) is 70.9 cm³/mol. The Hall–Kier alpha value is -1.44. The van der Waals surface area contributed by atoms with Crippen molar-refractivity contribution in [3.63, 3.8) is 0 Å². The number of aromatic nitrogens is 3. The topological polar surface area (TPSA) is 78.0 Å². The predicted octanol–water partition coefficient (Wildman–Crippen LogP) is 1.14. The number of methoxy groups -OCH3 is 1. The molecule has 6 nitrogen and oxygen atoms in total. The molecular formula is C11H14BrN5O. The van der Waals surface area contributed by atoms with E-state index >= 15 is 0 Å². The van der Waals surface area contributed by atoms with E-state index in [1.54, 1.807) is 30.4 Å². The van der Waals surface area contributed by atoms with E-state index in [1.165, 1.54) is 0 Å². The quantitative estimate of drug-likeness (QED) is 0.654. The lowest BCUT2D eigenvalue weighted by atomic mass is 10.0. The SMILES string of the molecule is COc1cnccc1C(NN)c1c(Br)cnn1C. The zero-order chi connectivity index (χ0) is 13.1. The van der Waals surface area contributed by atoms with Crippen LogP contribution in [-0.4, -0.2) is 21.9 Å². The molecule has 0 radical (unpaired) electrons. The molecule has 0 spiro atoms. The van der Waals surface area contributed by atoms with E-state index in [0.29, 0.717) is 5.75 Å². The van der Waals surface area contributed by atoms with Gasteiger partial charge in [-0.15, -0.1) is 0 Å². The van der Waals surface area contributed by atoms with E-state index in [-0.39, 0.29) is 6.04 Å². The lowest BCUT2D eigenvalue weighted by Gasteiger charge is -2.19. The summed E-state index contributed by atoms with van der Waals surface area (Å²) in [7, 11) is 3.46. The molecule has 0 saturated carbocycles. The maximum Gasteiger partial charge on any atom is 0.142 e. The molecule has 0 amide bonds. The summed E-state index contributed by atoms with van der Waals surface area (Å²) in [5, 5.41) is 4.18. The second-order valence-electron chi connectivity index (χ2n) is 3.72. The first-order valence-corrected chi connectivity index (χ1v) is 6.09. The van der Waals surface area contributed by atoms with Gasteiger partial charge in [-0.2, -0.15) is 5.10 Å². The minimum atomic E-state index is -0.232. The number of halogens is 1. The van der Waals surface area contributed by atoms with Gasteiger partial charge in [0.1, 0.15) is 5.75 Å². The molecule has 0 aliphatic rings.